The molecule has 7 nitrogen and oxygen atoms in total. The van der Waals surface area contributed by atoms with Crippen LogP contribution in [0.15, 0.2) is 0 Å². The molecule has 110 valence electrons. The van der Waals surface area contributed by atoms with Gasteiger partial charge in [-0.2, -0.15) is 0 Å². The zero-order chi connectivity index (χ0) is 14.1. The molecule has 2 amide bonds. The normalized spacial score (nSPS) is 22.2. The first kappa shape index (κ1) is 13.4. The van der Waals surface area contributed by atoms with E-state index in [0.29, 0.717) is 19.7 Å². The molecule has 1 aromatic heterocycles. The minimum absolute atomic E-state index is 0.125. The first-order valence-corrected chi connectivity index (χ1v) is 7.12. The van der Waals surface area contributed by atoms with Gasteiger partial charge in [-0.05, 0) is 12.8 Å². The van der Waals surface area contributed by atoms with E-state index in [-0.39, 0.29) is 11.9 Å². The highest BCUT2D eigenvalue weighted by atomic mass is 16.5. The summed E-state index contributed by atoms with van der Waals surface area (Å²) in [5, 5.41) is 8.27. The maximum absolute atomic E-state index is 12.5. The van der Waals surface area contributed by atoms with Gasteiger partial charge in [-0.15, -0.1) is 5.10 Å². The van der Waals surface area contributed by atoms with E-state index in [1.165, 1.54) is 0 Å². The first-order valence-electron chi connectivity index (χ1n) is 7.12. The van der Waals surface area contributed by atoms with Crippen LogP contribution < -0.4 is 0 Å². The second kappa shape index (κ2) is 5.40. The molecule has 0 saturated carbocycles. The van der Waals surface area contributed by atoms with Crippen LogP contribution in [0.2, 0.25) is 0 Å². The third-order valence-corrected chi connectivity index (χ3v) is 4.13. The van der Waals surface area contributed by atoms with Crippen molar-refractivity contribution in [3.63, 3.8) is 0 Å². The molecule has 0 aromatic carbocycles. The molecular formula is C13H21N5O2. The molecule has 0 spiro atoms. The number of aromatic nitrogens is 3. The van der Waals surface area contributed by atoms with Gasteiger partial charge in [-0.3, -0.25) is 4.68 Å². The number of likely N-dealkylation sites (tertiary alicyclic amines) is 1. The Labute approximate surface area is 118 Å². The van der Waals surface area contributed by atoms with Crippen molar-refractivity contribution in [3.8, 4) is 0 Å². The summed E-state index contributed by atoms with van der Waals surface area (Å²) >= 11 is 0. The molecule has 0 N–H and O–H groups in total. The lowest BCUT2D eigenvalue weighted by Gasteiger charge is -2.34. The minimum Gasteiger partial charge on any atom is -0.384 e. The SMILES string of the molecule is COC[C@@H]1CN(C(=O)N2CCCC2)Cc2nnn(C)c21. The molecular weight excluding hydrogens is 258 g/mol. The van der Waals surface area contributed by atoms with Gasteiger partial charge in [0.25, 0.3) is 0 Å². The second-order valence-electron chi connectivity index (χ2n) is 5.55. The Morgan fingerprint density at radius 3 is 2.80 bits per heavy atom. The summed E-state index contributed by atoms with van der Waals surface area (Å²) in [5.74, 6) is 0.148. The smallest absolute Gasteiger partial charge is 0.320 e. The van der Waals surface area contributed by atoms with Crippen molar-refractivity contribution < 1.29 is 9.53 Å². The van der Waals surface area contributed by atoms with Crippen LogP contribution in [0.3, 0.4) is 0 Å². The minimum atomic E-state index is 0.125. The van der Waals surface area contributed by atoms with Gasteiger partial charge in [0.2, 0.25) is 0 Å². The van der Waals surface area contributed by atoms with Gasteiger partial charge < -0.3 is 14.5 Å². The molecule has 0 unspecified atom stereocenters. The molecule has 0 aliphatic carbocycles. The number of urea groups is 1. The highest BCUT2D eigenvalue weighted by Crippen LogP contribution is 2.27. The van der Waals surface area contributed by atoms with Crippen LogP contribution in [0, 0.1) is 0 Å². The van der Waals surface area contributed by atoms with Crippen molar-refractivity contribution in [2.24, 2.45) is 7.05 Å². The van der Waals surface area contributed by atoms with Crippen molar-refractivity contribution in [3.05, 3.63) is 11.4 Å². The maximum Gasteiger partial charge on any atom is 0.320 e. The molecule has 2 aliphatic rings. The van der Waals surface area contributed by atoms with Crippen LogP contribution in [-0.2, 0) is 18.3 Å². The molecule has 0 bridgehead atoms. The van der Waals surface area contributed by atoms with Crippen molar-refractivity contribution in [2.45, 2.75) is 25.3 Å². The van der Waals surface area contributed by atoms with E-state index < -0.39 is 0 Å². The van der Waals surface area contributed by atoms with E-state index in [4.69, 9.17) is 4.74 Å². The van der Waals surface area contributed by atoms with Gasteiger partial charge in [0, 0.05) is 39.7 Å². The topological polar surface area (TPSA) is 63.5 Å². The lowest BCUT2D eigenvalue weighted by Crippen LogP contribution is -2.46. The number of hydrogen-bond acceptors (Lipinski definition) is 4. The Morgan fingerprint density at radius 2 is 2.10 bits per heavy atom. The van der Waals surface area contributed by atoms with Crippen molar-refractivity contribution >= 4 is 6.03 Å². The summed E-state index contributed by atoms with van der Waals surface area (Å²) in [6.07, 6.45) is 2.22. The molecule has 1 atom stereocenters. The Kier molecular flexibility index (Phi) is 3.60. The predicted molar refractivity (Wildman–Crippen MR) is 72.2 cm³/mol. The molecule has 0 radical (unpaired) electrons. The van der Waals surface area contributed by atoms with Crippen LogP contribution in [0.1, 0.15) is 30.1 Å². The summed E-state index contributed by atoms with van der Waals surface area (Å²) < 4.78 is 7.10. The van der Waals surface area contributed by atoms with E-state index in [1.54, 1.807) is 11.8 Å². The van der Waals surface area contributed by atoms with Crippen LogP contribution in [0.4, 0.5) is 4.79 Å². The molecule has 20 heavy (non-hydrogen) atoms. The van der Waals surface area contributed by atoms with E-state index in [9.17, 15) is 4.79 Å². The third kappa shape index (κ3) is 2.26. The standard InChI is InChI=1S/C13H21N5O2/c1-16-12-10(9-20-2)7-18(8-11(12)14-15-16)13(19)17-5-3-4-6-17/h10H,3-9H2,1-2H3/t10-/m0/s1. The van der Waals surface area contributed by atoms with E-state index in [0.717, 1.165) is 37.3 Å². The monoisotopic (exact) mass is 279 g/mol. The van der Waals surface area contributed by atoms with Crippen LogP contribution in [-0.4, -0.2) is 64.2 Å². The zero-order valence-corrected chi connectivity index (χ0v) is 12.1. The van der Waals surface area contributed by atoms with Gasteiger partial charge >= 0.3 is 6.03 Å². The molecule has 1 aromatic rings. The number of nitrogens with zero attached hydrogens (tertiary/aromatic N) is 5. The van der Waals surface area contributed by atoms with E-state index in [1.807, 2.05) is 16.8 Å². The highest BCUT2D eigenvalue weighted by molar-refractivity contribution is 5.75. The Morgan fingerprint density at radius 1 is 1.35 bits per heavy atom. The van der Waals surface area contributed by atoms with Crippen molar-refractivity contribution in [1.82, 2.24) is 24.8 Å². The van der Waals surface area contributed by atoms with Gasteiger partial charge in [0.05, 0.1) is 18.8 Å². The van der Waals surface area contributed by atoms with E-state index in [2.05, 4.69) is 10.3 Å². The average molecular weight is 279 g/mol. The summed E-state index contributed by atoms with van der Waals surface area (Å²) in [4.78, 5) is 16.3. The quantitative estimate of drug-likeness (QED) is 0.794. The van der Waals surface area contributed by atoms with Gasteiger partial charge in [0.1, 0.15) is 5.69 Å². The predicted octanol–water partition coefficient (Wildman–Crippen LogP) is 0.577. The number of amides is 2. The average Bonchev–Trinajstić information content (AvgIpc) is 3.08. The fourth-order valence-electron chi connectivity index (χ4n) is 3.20. The number of carbonyl (C=O) groups is 1. The maximum atomic E-state index is 12.5. The molecule has 3 rings (SSSR count). The Bertz CT molecular complexity index is 495. The molecule has 7 heteroatoms. The van der Waals surface area contributed by atoms with Gasteiger partial charge in [0.15, 0.2) is 0 Å². The molecule has 1 saturated heterocycles. The zero-order valence-electron chi connectivity index (χ0n) is 12.1. The fraction of sp³-hybridized carbons (Fsp3) is 0.769. The molecule has 3 heterocycles. The lowest BCUT2D eigenvalue weighted by atomic mass is 9.99. The van der Waals surface area contributed by atoms with Crippen LogP contribution >= 0.6 is 0 Å². The summed E-state index contributed by atoms with van der Waals surface area (Å²) in [7, 11) is 3.58. The van der Waals surface area contributed by atoms with Gasteiger partial charge in [-0.1, -0.05) is 5.21 Å². The molecule has 1 fully saturated rings. The third-order valence-electron chi connectivity index (χ3n) is 4.13. The van der Waals surface area contributed by atoms with Crippen molar-refractivity contribution in [1.29, 1.82) is 0 Å². The fourth-order valence-corrected chi connectivity index (χ4v) is 3.20. The Balaban J connectivity index is 1.80. The number of rotatable bonds is 2. The molecule has 2 aliphatic heterocycles. The summed E-state index contributed by atoms with van der Waals surface area (Å²) in [5.41, 5.74) is 1.99. The lowest BCUT2D eigenvalue weighted by molar-refractivity contribution is 0.123. The highest BCUT2D eigenvalue weighted by Gasteiger charge is 2.34. The summed E-state index contributed by atoms with van der Waals surface area (Å²) in [6, 6.07) is 0.125. The number of hydrogen-bond donors (Lipinski definition) is 0. The van der Waals surface area contributed by atoms with Crippen LogP contribution in [0.25, 0.3) is 0 Å². The van der Waals surface area contributed by atoms with Crippen molar-refractivity contribution in [2.75, 3.05) is 33.4 Å². The number of ether oxygens (including phenoxy) is 1. The van der Waals surface area contributed by atoms with E-state index >= 15 is 0 Å². The first-order chi connectivity index (χ1) is 9.70. The second-order valence-corrected chi connectivity index (χ2v) is 5.55. The van der Waals surface area contributed by atoms with Crippen LogP contribution in [0.5, 0.6) is 0 Å². The summed E-state index contributed by atoms with van der Waals surface area (Å²) in [6.45, 7) is 3.56. The van der Waals surface area contributed by atoms with Gasteiger partial charge in [-0.25, -0.2) is 4.79 Å². The largest absolute Gasteiger partial charge is 0.384 e. The number of carbonyl (C=O) groups excluding carboxylic acids is 1. The number of aryl methyl sites for hydroxylation is 1. The number of fused-ring (bicyclic) bond motifs is 1. The Hall–Kier alpha value is -1.63. The number of methoxy groups -OCH3 is 1.